The van der Waals surface area contributed by atoms with Crippen molar-refractivity contribution in [2.24, 2.45) is 0 Å². The molecule has 2 aromatic carbocycles. The minimum absolute atomic E-state index is 0.0301. The van der Waals surface area contributed by atoms with Gasteiger partial charge in [0.1, 0.15) is 0 Å². The lowest BCUT2D eigenvalue weighted by atomic mass is 10.1. The number of carbonyl (C=O) groups excluding carboxylic acids is 1. The van der Waals surface area contributed by atoms with Crippen molar-refractivity contribution in [2.75, 3.05) is 11.1 Å². The van der Waals surface area contributed by atoms with Gasteiger partial charge in [0, 0.05) is 10.6 Å². The Balaban J connectivity index is 1.93. The zero-order valence-corrected chi connectivity index (χ0v) is 12.0. The largest absolute Gasteiger partial charge is 0.325 e. The number of thioether (sulfide) groups is 1. The van der Waals surface area contributed by atoms with Gasteiger partial charge in [-0.2, -0.15) is 0 Å². The van der Waals surface area contributed by atoms with Gasteiger partial charge >= 0.3 is 0 Å². The summed E-state index contributed by atoms with van der Waals surface area (Å²) < 4.78 is 0. The van der Waals surface area contributed by atoms with Crippen LogP contribution in [0.25, 0.3) is 0 Å². The van der Waals surface area contributed by atoms with Gasteiger partial charge in [0.2, 0.25) is 5.91 Å². The number of anilines is 1. The zero-order valence-electron chi connectivity index (χ0n) is 11.1. The van der Waals surface area contributed by atoms with Crippen molar-refractivity contribution in [1.82, 2.24) is 0 Å². The fraction of sp³-hybridized carbons (Fsp3) is 0.188. The summed E-state index contributed by atoms with van der Waals surface area (Å²) in [5.74, 6) is 0.458. The van der Waals surface area contributed by atoms with E-state index >= 15 is 0 Å². The molecule has 0 aliphatic carbocycles. The Hall–Kier alpha value is -1.74. The summed E-state index contributed by atoms with van der Waals surface area (Å²) >= 11 is 1.55. The highest BCUT2D eigenvalue weighted by molar-refractivity contribution is 8.00. The number of nitrogens with one attached hydrogen (secondary N) is 1. The van der Waals surface area contributed by atoms with E-state index in [1.807, 2.05) is 62.4 Å². The van der Waals surface area contributed by atoms with Gasteiger partial charge in [0.05, 0.1) is 5.75 Å². The maximum atomic E-state index is 11.9. The zero-order chi connectivity index (χ0) is 13.7. The van der Waals surface area contributed by atoms with Crippen LogP contribution < -0.4 is 5.32 Å². The van der Waals surface area contributed by atoms with E-state index in [1.165, 1.54) is 0 Å². The number of benzene rings is 2. The van der Waals surface area contributed by atoms with Crippen molar-refractivity contribution in [1.29, 1.82) is 0 Å². The Labute approximate surface area is 118 Å². The predicted molar refractivity (Wildman–Crippen MR) is 81.7 cm³/mol. The molecule has 98 valence electrons. The van der Waals surface area contributed by atoms with Crippen molar-refractivity contribution >= 4 is 23.4 Å². The molecule has 0 aliphatic rings. The quantitative estimate of drug-likeness (QED) is 0.850. The van der Waals surface area contributed by atoms with Crippen molar-refractivity contribution in [3.63, 3.8) is 0 Å². The minimum atomic E-state index is 0.0301. The van der Waals surface area contributed by atoms with Crippen molar-refractivity contribution < 1.29 is 4.79 Å². The second kappa shape index (κ2) is 6.43. The number of carbonyl (C=O) groups is 1. The second-order valence-electron chi connectivity index (χ2n) is 4.47. The molecule has 0 atom stereocenters. The molecule has 0 spiro atoms. The van der Waals surface area contributed by atoms with Gasteiger partial charge in [-0.05, 0) is 43.2 Å². The number of amides is 1. The lowest BCUT2D eigenvalue weighted by Gasteiger charge is -2.09. The molecule has 0 saturated heterocycles. The molecule has 19 heavy (non-hydrogen) atoms. The van der Waals surface area contributed by atoms with Crippen molar-refractivity contribution in [3.05, 3.63) is 59.7 Å². The van der Waals surface area contributed by atoms with Gasteiger partial charge < -0.3 is 5.32 Å². The number of hydrogen-bond acceptors (Lipinski definition) is 2. The van der Waals surface area contributed by atoms with Crippen LogP contribution in [-0.4, -0.2) is 11.7 Å². The summed E-state index contributed by atoms with van der Waals surface area (Å²) in [4.78, 5) is 13.0. The smallest absolute Gasteiger partial charge is 0.234 e. The van der Waals surface area contributed by atoms with Crippen LogP contribution in [0.3, 0.4) is 0 Å². The third-order valence-electron chi connectivity index (χ3n) is 2.78. The van der Waals surface area contributed by atoms with E-state index in [0.29, 0.717) is 5.75 Å². The summed E-state index contributed by atoms with van der Waals surface area (Å²) in [6, 6.07) is 16.0. The van der Waals surface area contributed by atoms with Crippen LogP contribution in [0.4, 0.5) is 5.69 Å². The van der Waals surface area contributed by atoms with Gasteiger partial charge in [-0.1, -0.05) is 30.3 Å². The highest BCUT2D eigenvalue weighted by Gasteiger charge is 2.05. The monoisotopic (exact) mass is 271 g/mol. The maximum absolute atomic E-state index is 11.9. The fourth-order valence-corrected chi connectivity index (χ4v) is 2.44. The highest BCUT2D eigenvalue weighted by atomic mass is 32.2. The predicted octanol–water partition coefficient (Wildman–Crippen LogP) is 4.03. The number of rotatable bonds is 4. The molecular formula is C16H17NOS. The summed E-state index contributed by atoms with van der Waals surface area (Å²) in [6.07, 6.45) is 0. The summed E-state index contributed by atoms with van der Waals surface area (Å²) in [5, 5.41) is 2.96. The first-order valence-corrected chi connectivity index (χ1v) is 7.18. The lowest BCUT2D eigenvalue weighted by molar-refractivity contribution is -0.113. The molecule has 2 rings (SSSR count). The average molecular weight is 271 g/mol. The topological polar surface area (TPSA) is 29.1 Å². The first kappa shape index (κ1) is 13.7. The molecule has 0 bridgehead atoms. The second-order valence-corrected chi connectivity index (χ2v) is 5.52. The fourth-order valence-electron chi connectivity index (χ4n) is 1.72. The number of hydrogen-bond donors (Lipinski definition) is 1. The third-order valence-corrected chi connectivity index (χ3v) is 3.79. The molecule has 0 aliphatic heterocycles. The van der Waals surface area contributed by atoms with Gasteiger partial charge in [0.15, 0.2) is 0 Å². The van der Waals surface area contributed by atoms with Gasteiger partial charge in [-0.15, -0.1) is 11.8 Å². The molecular weight excluding hydrogens is 254 g/mol. The van der Waals surface area contributed by atoms with E-state index in [0.717, 1.165) is 21.7 Å². The van der Waals surface area contributed by atoms with Crippen LogP contribution >= 0.6 is 11.8 Å². The normalized spacial score (nSPS) is 10.2. The summed E-state index contributed by atoms with van der Waals surface area (Å²) in [7, 11) is 0. The summed E-state index contributed by atoms with van der Waals surface area (Å²) in [5.41, 5.74) is 3.14. The standard InChI is InChI=1S/C16H17NOS/c1-12-8-9-13(2)15(10-12)17-16(18)11-19-14-6-4-3-5-7-14/h3-10H,11H2,1-2H3,(H,17,18). The van der Waals surface area contributed by atoms with E-state index < -0.39 is 0 Å². The van der Waals surface area contributed by atoms with E-state index in [-0.39, 0.29) is 5.91 Å². The molecule has 0 fully saturated rings. The molecule has 0 aromatic heterocycles. The molecule has 0 radical (unpaired) electrons. The maximum Gasteiger partial charge on any atom is 0.234 e. The van der Waals surface area contributed by atoms with E-state index in [4.69, 9.17) is 0 Å². The first-order valence-electron chi connectivity index (χ1n) is 6.20. The van der Waals surface area contributed by atoms with Crippen molar-refractivity contribution in [2.45, 2.75) is 18.7 Å². The average Bonchev–Trinajstić information content (AvgIpc) is 2.42. The van der Waals surface area contributed by atoms with Crippen LogP contribution in [0.5, 0.6) is 0 Å². The Morgan fingerprint density at radius 2 is 1.84 bits per heavy atom. The molecule has 2 nitrogen and oxygen atoms in total. The van der Waals surface area contributed by atoms with E-state index in [2.05, 4.69) is 5.32 Å². The van der Waals surface area contributed by atoms with Crippen molar-refractivity contribution in [3.8, 4) is 0 Å². The van der Waals surface area contributed by atoms with E-state index in [1.54, 1.807) is 11.8 Å². The summed E-state index contributed by atoms with van der Waals surface area (Å²) in [6.45, 7) is 4.02. The Bertz CT molecular complexity index is 566. The van der Waals surface area contributed by atoms with Gasteiger partial charge in [0.25, 0.3) is 0 Å². The van der Waals surface area contributed by atoms with Crippen LogP contribution in [0.2, 0.25) is 0 Å². The van der Waals surface area contributed by atoms with Gasteiger partial charge in [-0.25, -0.2) is 0 Å². The molecule has 1 amide bonds. The van der Waals surface area contributed by atoms with Gasteiger partial charge in [-0.3, -0.25) is 4.79 Å². The van der Waals surface area contributed by atoms with Crippen LogP contribution in [-0.2, 0) is 4.79 Å². The molecule has 0 saturated carbocycles. The Morgan fingerprint density at radius 1 is 1.11 bits per heavy atom. The van der Waals surface area contributed by atoms with Crippen LogP contribution in [0.1, 0.15) is 11.1 Å². The highest BCUT2D eigenvalue weighted by Crippen LogP contribution is 2.19. The van der Waals surface area contributed by atoms with Crippen LogP contribution in [0, 0.1) is 13.8 Å². The molecule has 1 N–H and O–H groups in total. The minimum Gasteiger partial charge on any atom is -0.325 e. The van der Waals surface area contributed by atoms with E-state index in [9.17, 15) is 4.79 Å². The number of aryl methyl sites for hydroxylation is 2. The lowest BCUT2D eigenvalue weighted by Crippen LogP contribution is -2.14. The van der Waals surface area contributed by atoms with Crippen LogP contribution in [0.15, 0.2) is 53.4 Å². The Kier molecular flexibility index (Phi) is 4.63. The Morgan fingerprint density at radius 3 is 2.58 bits per heavy atom. The molecule has 3 heteroatoms. The molecule has 0 heterocycles. The first-order chi connectivity index (χ1) is 9.15. The third kappa shape index (κ3) is 4.14. The molecule has 2 aromatic rings. The molecule has 0 unspecified atom stereocenters. The SMILES string of the molecule is Cc1ccc(C)c(NC(=O)CSc2ccccc2)c1.